The third-order valence-corrected chi connectivity index (χ3v) is 5.79. The summed E-state index contributed by atoms with van der Waals surface area (Å²) in [6, 6.07) is 14.3. The Morgan fingerprint density at radius 2 is 1.84 bits per heavy atom. The number of rotatable bonds is 6. The highest BCUT2D eigenvalue weighted by atomic mass is 35.5. The van der Waals surface area contributed by atoms with Crippen LogP contribution in [0, 0.1) is 13.8 Å². The molecule has 0 spiro atoms. The first-order valence-electron chi connectivity index (χ1n) is 9.76. The minimum Gasteiger partial charge on any atom is -0.497 e. The van der Waals surface area contributed by atoms with Crippen molar-refractivity contribution < 1.29 is 14.1 Å². The Labute approximate surface area is 194 Å². The maximum Gasteiger partial charge on any atom is 0.277 e. The van der Waals surface area contributed by atoms with Crippen LogP contribution in [0.15, 0.2) is 53.1 Å². The number of carbonyl (C=O) groups is 1. The van der Waals surface area contributed by atoms with Crippen molar-refractivity contribution in [2.24, 2.45) is 0 Å². The monoisotopic (exact) mass is 470 g/mol. The second-order valence-corrected chi connectivity index (χ2v) is 8.03. The lowest BCUT2D eigenvalue weighted by Crippen LogP contribution is -2.13. The normalized spacial score (nSPS) is 10.9. The van der Waals surface area contributed by atoms with Crippen LogP contribution in [0.1, 0.15) is 27.4 Å². The summed E-state index contributed by atoms with van der Waals surface area (Å²) in [4.78, 5) is 12.8. The first-order chi connectivity index (χ1) is 15.4. The van der Waals surface area contributed by atoms with Crippen molar-refractivity contribution in [2.75, 3.05) is 12.4 Å². The first-order valence-corrected chi connectivity index (χ1v) is 10.5. The van der Waals surface area contributed by atoms with E-state index in [2.05, 4.69) is 15.6 Å². The lowest BCUT2D eigenvalue weighted by atomic mass is 10.1. The second-order valence-electron chi connectivity index (χ2n) is 7.21. The molecule has 1 N–H and O–H groups in total. The summed E-state index contributed by atoms with van der Waals surface area (Å²) in [7, 11) is 1.60. The van der Waals surface area contributed by atoms with Crippen molar-refractivity contribution >= 4 is 34.8 Å². The highest BCUT2D eigenvalue weighted by Crippen LogP contribution is 2.26. The minimum atomic E-state index is -0.381. The van der Waals surface area contributed by atoms with Crippen LogP contribution in [0.5, 0.6) is 5.75 Å². The molecular weight excluding hydrogens is 451 g/mol. The third-order valence-electron chi connectivity index (χ3n) is 5.05. The molecule has 32 heavy (non-hydrogen) atoms. The zero-order valence-electron chi connectivity index (χ0n) is 17.6. The number of benzene rings is 2. The standard InChI is InChI=1S/C23H20Cl2N4O3/c1-13-22(14(2)29(27-13)12-15-4-9-18(24)19(25)10-15)26-23(30)20-11-21(32-28-20)16-5-7-17(31-3)8-6-16/h4-11H,12H2,1-3H3,(H,26,30). The number of aryl methyl sites for hydroxylation is 1. The molecule has 0 atom stereocenters. The molecule has 0 radical (unpaired) electrons. The van der Waals surface area contributed by atoms with Gasteiger partial charge < -0.3 is 14.6 Å². The molecule has 0 aliphatic heterocycles. The Hall–Kier alpha value is -3.29. The lowest BCUT2D eigenvalue weighted by molar-refractivity contribution is 0.101. The summed E-state index contributed by atoms with van der Waals surface area (Å²) >= 11 is 12.1. The van der Waals surface area contributed by atoms with Gasteiger partial charge in [0.05, 0.1) is 40.8 Å². The Morgan fingerprint density at radius 1 is 1.09 bits per heavy atom. The lowest BCUT2D eigenvalue weighted by Gasteiger charge is -2.07. The number of anilines is 1. The van der Waals surface area contributed by atoms with Gasteiger partial charge in [-0.05, 0) is 55.8 Å². The molecule has 9 heteroatoms. The minimum absolute atomic E-state index is 0.173. The molecule has 4 aromatic rings. The van der Waals surface area contributed by atoms with Gasteiger partial charge in [-0.3, -0.25) is 9.48 Å². The smallest absolute Gasteiger partial charge is 0.277 e. The number of carbonyl (C=O) groups excluding carboxylic acids is 1. The largest absolute Gasteiger partial charge is 0.497 e. The van der Waals surface area contributed by atoms with Gasteiger partial charge in [0.25, 0.3) is 5.91 Å². The molecule has 0 aliphatic rings. The average molecular weight is 471 g/mol. The van der Waals surface area contributed by atoms with E-state index in [-0.39, 0.29) is 11.6 Å². The zero-order chi connectivity index (χ0) is 22.8. The highest BCUT2D eigenvalue weighted by molar-refractivity contribution is 6.42. The summed E-state index contributed by atoms with van der Waals surface area (Å²) in [5, 5.41) is 12.3. The Morgan fingerprint density at radius 3 is 2.53 bits per heavy atom. The number of ether oxygens (including phenoxy) is 1. The van der Waals surface area contributed by atoms with Crippen molar-refractivity contribution in [1.29, 1.82) is 0 Å². The number of hydrogen-bond acceptors (Lipinski definition) is 5. The van der Waals surface area contributed by atoms with Gasteiger partial charge in [-0.25, -0.2) is 0 Å². The predicted molar refractivity (Wildman–Crippen MR) is 124 cm³/mol. The number of nitrogens with one attached hydrogen (secondary N) is 1. The van der Waals surface area contributed by atoms with E-state index in [0.29, 0.717) is 33.7 Å². The van der Waals surface area contributed by atoms with E-state index in [1.807, 2.05) is 44.2 Å². The molecule has 0 bridgehead atoms. The third kappa shape index (κ3) is 4.49. The van der Waals surface area contributed by atoms with Crippen molar-refractivity contribution in [3.8, 4) is 17.1 Å². The van der Waals surface area contributed by atoms with Crippen molar-refractivity contribution in [1.82, 2.24) is 14.9 Å². The number of hydrogen-bond donors (Lipinski definition) is 1. The van der Waals surface area contributed by atoms with Crippen LogP contribution in [-0.4, -0.2) is 28.0 Å². The van der Waals surface area contributed by atoms with Crippen LogP contribution in [0.3, 0.4) is 0 Å². The number of amides is 1. The number of methoxy groups -OCH3 is 1. The molecule has 0 saturated carbocycles. The van der Waals surface area contributed by atoms with E-state index in [9.17, 15) is 4.79 Å². The highest BCUT2D eigenvalue weighted by Gasteiger charge is 2.19. The second kappa shape index (κ2) is 9.06. The number of halogens is 2. The van der Waals surface area contributed by atoms with E-state index >= 15 is 0 Å². The van der Waals surface area contributed by atoms with Gasteiger partial charge in [-0.1, -0.05) is 34.4 Å². The van der Waals surface area contributed by atoms with Crippen LogP contribution in [-0.2, 0) is 6.54 Å². The molecule has 2 aromatic heterocycles. The predicted octanol–water partition coefficient (Wildman–Crippen LogP) is 5.77. The van der Waals surface area contributed by atoms with Crippen LogP contribution >= 0.6 is 23.2 Å². The molecule has 2 heterocycles. The fourth-order valence-corrected chi connectivity index (χ4v) is 3.61. The Kier molecular flexibility index (Phi) is 6.21. The van der Waals surface area contributed by atoms with Gasteiger partial charge in [-0.15, -0.1) is 0 Å². The van der Waals surface area contributed by atoms with E-state index < -0.39 is 0 Å². The molecule has 0 fully saturated rings. The van der Waals surface area contributed by atoms with Crippen molar-refractivity contribution in [3.05, 3.63) is 81.2 Å². The van der Waals surface area contributed by atoms with E-state index in [1.54, 1.807) is 30.0 Å². The first kappa shape index (κ1) is 21.9. The maximum absolute atomic E-state index is 12.8. The molecule has 0 aliphatic carbocycles. The van der Waals surface area contributed by atoms with E-state index in [1.165, 1.54) is 0 Å². The molecule has 1 amide bonds. The molecule has 0 unspecified atom stereocenters. The fraction of sp³-hybridized carbons (Fsp3) is 0.174. The van der Waals surface area contributed by atoms with E-state index in [4.69, 9.17) is 32.5 Å². The van der Waals surface area contributed by atoms with Crippen molar-refractivity contribution in [3.63, 3.8) is 0 Å². The summed E-state index contributed by atoms with van der Waals surface area (Å²) in [5.74, 6) is 0.838. The van der Waals surface area contributed by atoms with Crippen LogP contribution in [0.4, 0.5) is 5.69 Å². The van der Waals surface area contributed by atoms with Crippen molar-refractivity contribution in [2.45, 2.75) is 20.4 Å². The number of aromatic nitrogens is 3. The van der Waals surface area contributed by atoms with Gasteiger partial charge in [0.2, 0.25) is 0 Å². The van der Waals surface area contributed by atoms with Gasteiger partial charge >= 0.3 is 0 Å². The number of nitrogens with zero attached hydrogens (tertiary/aromatic N) is 3. The fourth-order valence-electron chi connectivity index (χ4n) is 3.29. The summed E-state index contributed by atoms with van der Waals surface area (Å²) < 4.78 is 12.3. The average Bonchev–Trinajstić information content (AvgIpc) is 3.38. The van der Waals surface area contributed by atoms with Gasteiger partial charge in [0.15, 0.2) is 11.5 Å². The molecule has 164 valence electrons. The topological polar surface area (TPSA) is 82.2 Å². The summed E-state index contributed by atoms with van der Waals surface area (Å²) in [6.45, 7) is 4.21. The summed E-state index contributed by atoms with van der Waals surface area (Å²) in [5.41, 5.74) is 4.04. The van der Waals surface area contributed by atoms with E-state index in [0.717, 1.165) is 22.6 Å². The van der Waals surface area contributed by atoms with Crippen LogP contribution < -0.4 is 10.1 Å². The summed E-state index contributed by atoms with van der Waals surface area (Å²) in [6.07, 6.45) is 0. The van der Waals surface area contributed by atoms with Crippen LogP contribution in [0.25, 0.3) is 11.3 Å². The molecule has 2 aromatic carbocycles. The SMILES string of the molecule is COc1ccc(-c2cc(C(=O)Nc3c(C)nn(Cc4ccc(Cl)c(Cl)c4)c3C)no2)cc1. The van der Waals surface area contributed by atoms with Gasteiger partial charge in [0.1, 0.15) is 5.75 Å². The zero-order valence-corrected chi connectivity index (χ0v) is 19.2. The molecule has 7 nitrogen and oxygen atoms in total. The molecule has 4 rings (SSSR count). The molecule has 0 saturated heterocycles. The quantitative estimate of drug-likeness (QED) is 0.386. The Balaban J connectivity index is 1.51. The Bertz CT molecular complexity index is 1280. The van der Waals surface area contributed by atoms with Gasteiger partial charge in [-0.2, -0.15) is 5.10 Å². The van der Waals surface area contributed by atoms with Gasteiger partial charge in [0, 0.05) is 11.6 Å². The van der Waals surface area contributed by atoms with Crippen LogP contribution in [0.2, 0.25) is 10.0 Å². The maximum atomic E-state index is 12.8. The molecular formula is C23H20Cl2N4O3.